The quantitative estimate of drug-likeness (QED) is 0.381. The van der Waals surface area contributed by atoms with Crippen LogP contribution in [-0.2, 0) is 17.1 Å². The standard InChI is InChI=1S/C2H8P2.Fe/c3-1-2-4;/h1-4H2;. The van der Waals surface area contributed by atoms with Gasteiger partial charge in [-0.05, 0) is 12.3 Å². The summed E-state index contributed by atoms with van der Waals surface area (Å²) >= 11 is 0. The Morgan fingerprint density at radius 3 is 1.20 bits per heavy atom. The Bertz CT molecular complexity index is 9.61. The first-order valence-corrected chi connectivity index (χ1v) is 2.95. The van der Waals surface area contributed by atoms with E-state index in [2.05, 4.69) is 18.5 Å². The van der Waals surface area contributed by atoms with E-state index >= 15 is 0 Å². The average molecular weight is 150 g/mol. The summed E-state index contributed by atoms with van der Waals surface area (Å²) in [6, 6.07) is 0. The van der Waals surface area contributed by atoms with Crippen LogP contribution in [0.15, 0.2) is 0 Å². The largest absolute Gasteiger partial charge is 0.137 e. The summed E-state index contributed by atoms with van der Waals surface area (Å²) in [4.78, 5) is 0. The topological polar surface area (TPSA) is 0 Å². The third kappa shape index (κ3) is 10.9. The fourth-order valence-corrected chi connectivity index (χ4v) is 0. The van der Waals surface area contributed by atoms with E-state index in [-0.39, 0.29) is 17.1 Å². The molecule has 0 bridgehead atoms. The van der Waals surface area contributed by atoms with Crippen LogP contribution < -0.4 is 0 Å². The Balaban J connectivity index is 0. The molecule has 0 aliphatic heterocycles. The molecule has 0 N–H and O–H groups in total. The molecule has 0 nitrogen and oxygen atoms in total. The van der Waals surface area contributed by atoms with Gasteiger partial charge in [0.15, 0.2) is 0 Å². The zero-order valence-corrected chi connectivity index (χ0v) is 6.34. The molecule has 0 fully saturated rings. The molecule has 0 saturated carbocycles. The van der Waals surface area contributed by atoms with Gasteiger partial charge >= 0.3 is 0 Å². The maximum absolute atomic E-state index is 2.63. The molecule has 34 valence electrons. The second-order valence-electron chi connectivity index (χ2n) is 0.577. The van der Waals surface area contributed by atoms with E-state index < -0.39 is 0 Å². The van der Waals surface area contributed by atoms with Gasteiger partial charge < -0.3 is 0 Å². The minimum Gasteiger partial charge on any atom is -0.137 e. The van der Waals surface area contributed by atoms with Gasteiger partial charge in [0.1, 0.15) is 0 Å². The van der Waals surface area contributed by atoms with E-state index in [4.69, 9.17) is 0 Å². The van der Waals surface area contributed by atoms with Crippen molar-refractivity contribution >= 4 is 18.5 Å². The molecular weight excluding hydrogens is 142 g/mol. The van der Waals surface area contributed by atoms with Crippen molar-refractivity contribution in [2.75, 3.05) is 12.3 Å². The Kier molecular flexibility index (Phi) is 17.4. The van der Waals surface area contributed by atoms with Gasteiger partial charge in [-0.15, -0.1) is 18.5 Å². The predicted molar refractivity (Wildman–Crippen MR) is 29.2 cm³/mol. The molecule has 0 saturated heterocycles. The second kappa shape index (κ2) is 9.03. The van der Waals surface area contributed by atoms with Crippen LogP contribution in [0.2, 0.25) is 0 Å². The molecule has 0 aromatic heterocycles. The van der Waals surface area contributed by atoms with E-state index in [1.165, 1.54) is 12.3 Å². The molecule has 0 spiro atoms. The number of hydrogen-bond acceptors (Lipinski definition) is 0. The van der Waals surface area contributed by atoms with Crippen LogP contribution in [0.5, 0.6) is 0 Å². The monoisotopic (exact) mass is 150 g/mol. The fourth-order valence-electron chi connectivity index (χ4n) is 0. The maximum Gasteiger partial charge on any atom is 0 e. The van der Waals surface area contributed by atoms with Crippen LogP contribution in [0.1, 0.15) is 0 Å². The fraction of sp³-hybridized carbons (Fsp3) is 1.00. The zero-order chi connectivity index (χ0) is 3.41. The van der Waals surface area contributed by atoms with Gasteiger partial charge in [0.25, 0.3) is 0 Å². The summed E-state index contributed by atoms with van der Waals surface area (Å²) in [5.41, 5.74) is 0. The van der Waals surface area contributed by atoms with Crippen LogP contribution >= 0.6 is 18.5 Å². The molecule has 3 heteroatoms. The summed E-state index contributed by atoms with van der Waals surface area (Å²) in [6.07, 6.45) is 2.40. The van der Waals surface area contributed by atoms with Gasteiger partial charge in [0, 0.05) is 17.1 Å². The Morgan fingerprint density at radius 1 is 1.00 bits per heavy atom. The molecule has 0 rings (SSSR count). The molecule has 0 heterocycles. The smallest absolute Gasteiger partial charge is 0 e. The van der Waals surface area contributed by atoms with E-state index in [9.17, 15) is 0 Å². The van der Waals surface area contributed by atoms with Crippen LogP contribution in [0, 0.1) is 0 Å². The Hall–Kier alpha value is 1.38. The van der Waals surface area contributed by atoms with E-state index in [0.29, 0.717) is 0 Å². The molecule has 0 aromatic rings. The molecule has 2 unspecified atom stereocenters. The first kappa shape index (κ1) is 9.63. The minimum atomic E-state index is 0. The van der Waals surface area contributed by atoms with Crippen molar-refractivity contribution in [3.05, 3.63) is 0 Å². The van der Waals surface area contributed by atoms with Crippen molar-refractivity contribution in [1.29, 1.82) is 0 Å². The first-order valence-electron chi connectivity index (χ1n) is 1.32. The maximum atomic E-state index is 2.63. The second-order valence-corrected chi connectivity index (χ2v) is 1.73. The third-order valence-corrected chi connectivity index (χ3v) is 1.50. The molecule has 0 aliphatic carbocycles. The summed E-state index contributed by atoms with van der Waals surface area (Å²) in [5.74, 6) is 0. The number of rotatable bonds is 1. The first-order chi connectivity index (χ1) is 1.91. The van der Waals surface area contributed by atoms with E-state index in [0.717, 1.165) is 0 Å². The van der Waals surface area contributed by atoms with Crippen molar-refractivity contribution < 1.29 is 17.1 Å². The summed E-state index contributed by atoms with van der Waals surface area (Å²) in [6.45, 7) is 0. The van der Waals surface area contributed by atoms with Gasteiger partial charge in [0.2, 0.25) is 0 Å². The molecule has 2 atom stereocenters. The Morgan fingerprint density at radius 2 is 1.20 bits per heavy atom. The van der Waals surface area contributed by atoms with Crippen LogP contribution in [0.4, 0.5) is 0 Å². The van der Waals surface area contributed by atoms with Gasteiger partial charge in [-0.25, -0.2) is 0 Å². The van der Waals surface area contributed by atoms with Gasteiger partial charge in [-0.3, -0.25) is 0 Å². The van der Waals surface area contributed by atoms with Gasteiger partial charge in [0.05, 0.1) is 0 Å². The van der Waals surface area contributed by atoms with E-state index in [1.807, 2.05) is 0 Å². The minimum absolute atomic E-state index is 0. The normalized spacial score (nSPS) is 6.00. The van der Waals surface area contributed by atoms with Gasteiger partial charge in [-0.1, -0.05) is 0 Å². The molecule has 5 heavy (non-hydrogen) atoms. The van der Waals surface area contributed by atoms with Crippen molar-refractivity contribution in [2.45, 2.75) is 0 Å². The summed E-state index contributed by atoms with van der Waals surface area (Å²) in [5, 5.41) is 0. The van der Waals surface area contributed by atoms with Crippen LogP contribution in [-0.4, -0.2) is 12.3 Å². The Labute approximate surface area is 48.4 Å². The summed E-state index contributed by atoms with van der Waals surface area (Å²) in [7, 11) is 5.27. The number of hydrogen-bond donors (Lipinski definition) is 0. The van der Waals surface area contributed by atoms with Crippen molar-refractivity contribution in [3.63, 3.8) is 0 Å². The van der Waals surface area contributed by atoms with Crippen LogP contribution in [0.25, 0.3) is 0 Å². The van der Waals surface area contributed by atoms with Crippen molar-refractivity contribution in [3.8, 4) is 0 Å². The molecule has 0 aromatic carbocycles. The van der Waals surface area contributed by atoms with E-state index in [1.54, 1.807) is 0 Å². The van der Waals surface area contributed by atoms with Crippen molar-refractivity contribution in [2.24, 2.45) is 0 Å². The molecule has 0 radical (unpaired) electrons. The average Bonchev–Trinajstić information content (AvgIpc) is 1.37. The van der Waals surface area contributed by atoms with Crippen molar-refractivity contribution in [1.82, 2.24) is 0 Å². The predicted octanol–water partition coefficient (Wildman–Crippen LogP) is 0.734. The van der Waals surface area contributed by atoms with Gasteiger partial charge in [-0.2, -0.15) is 0 Å². The molecule has 0 aliphatic rings. The zero-order valence-electron chi connectivity index (χ0n) is 2.92. The SMILES string of the molecule is PCCP.[Fe]. The third-order valence-electron chi connectivity index (χ3n) is 0.167. The molecular formula is C2H8FeP2. The van der Waals surface area contributed by atoms with Crippen LogP contribution in [0.3, 0.4) is 0 Å². The summed E-state index contributed by atoms with van der Waals surface area (Å²) < 4.78 is 0. The molecule has 0 amide bonds.